The van der Waals surface area contributed by atoms with Gasteiger partial charge in [-0.15, -0.1) is 11.3 Å². The molecule has 0 fully saturated rings. The third-order valence-electron chi connectivity index (χ3n) is 3.62. The summed E-state index contributed by atoms with van der Waals surface area (Å²) >= 11 is 1.41. The van der Waals surface area contributed by atoms with Gasteiger partial charge in [-0.05, 0) is 47.7 Å². The van der Waals surface area contributed by atoms with Gasteiger partial charge in [-0.25, -0.2) is 4.39 Å². The third-order valence-corrected chi connectivity index (χ3v) is 4.49. The number of halogens is 1. The number of benzene rings is 1. The van der Waals surface area contributed by atoms with E-state index in [0.717, 1.165) is 11.3 Å². The van der Waals surface area contributed by atoms with Gasteiger partial charge in [0.1, 0.15) is 11.6 Å². The highest BCUT2D eigenvalue weighted by atomic mass is 32.1. The Balaban J connectivity index is 1.67. The molecule has 0 saturated carbocycles. The second-order valence-electron chi connectivity index (χ2n) is 5.14. The Bertz CT molecular complexity index is 736. The normalized spacial score (nSPS) is 12.0. The van der Waals surface area contributed by atoms with E-state index in [-0.39, 0.29) is 17.6 Å². The van der Waals surface area contributed by atoms with Crippen LogP contribution in [0.3, 0.4) is 0 Å². The van der Waals surface area contributed by atoms with Crippen molar-refractivity contribution in [3.63, 3.8) is 0 Å². The van der Waals surface area contributed by atoms with Gasteiger partial charge in [-0.2, -0.15) is 0 Å². The topological polar surface area (TPSA) is 42.2 Å². The molecular formula is C18H16FNO2S. The summed E-state index contributed by atoms with van der Waals surface area (Å²) < 4.78 is 18.6. The van der Waals surface area contributed by atoms with Gasteiger partial charge in [0.25, 0.3) is 5.91 Å². The molecule has 3 nitrogen and oxygen atoms in total. The van der Waals surface area contributed by atoms with Gasteiger partial charge in [0.05, 0.1) is 11.1 Å². The molecule has 3 rings (SSSR count). The van der Waals surface area contributed by atoms with E-state index in [9.17, 15) is 9.18 Å². The highest BCUT2D eigenvalue weighted by Gasteiger charge is 2.17. The molecule has 1 atom stereocenters. The lowest BCUT2D eigenvalue weighted by atomic mass is 9.93. The number of amides is 1. The van der Waals surface area contributed by atoms with Crippen molar-refractivity contribution in [3.8, 4) is 0 Å². The molecule has 0 aliphatic rings. The fourth-order valence-electron chi connectivity index (χ4n) is 2.48. The van der Waals surface area contributed by atoms with Gasteiger partial charge < -0.3 is 9.73 Å². The number of carbonyl (C=O) groups excluding carboxylic acids is 1. The molecule has 0 aliphatic carbocycles. The molecule has 0 aliphatic heterocycles. The smallest absolute Gasteiger partial charge is 0.261 e. The van der Waals surface area contributed by atoms with Crippen molar-refractivity contribution < 1.29 is 13.6 Å². The molecular weight excluding hydrogens is 313 g/mol. The predicted octanol–water partition coefficient (Wildman–Crippen LogP) is 4.43. The van der Waals surface area contributed by atoms with E-state index in [2.05, 4.69) is 5.32 Å². The largest absolute Gasteiger partial charge is 0.469 e. The van der Waals surface area contributed by atoms with Crippen LogP contribution in [-0.4, -0.2) is 12.5 Å². The maximum atomic E-state index is 13.1. The molecule has 2 heterocycles. The van der Waals surface area contributed by atoms with Gasteiger partial charge in [0, 0.05) is 12.5 Å². The van der Waals surface area contributed by atoms with Crippen LogP contribution in [0.2, 0.25) is 0 Å². The molecule has 0 radical (unpaired) electrons. The number of carbonyl (C=O) groups is 1. The van der Waals surface area contributed by atoms with Crippen molar-refractivity contribution in [3.05, 3.63) is 82.2 Å². The molecule has 118 valence electrons. The molecule has 23 heavy (non-hydrogen) atoms. The Morgan fingerprint density at radius 1 is 1.17 bits per heavy atom. The summed E-state index contributed by atoms with van der Waals surface area (Å²) in [7, 11) is 0. The first-order valence-electron chi connectivity index (χ1n) is 7.34. The van der Waals surface area contributed by atoms with Crippen LogP contribution in [0.4, 0.5) is 4.39 Å². The molecule has 3 aromatic rings. The zero-order chi connectivity index (χ0) is 16.1. The fraction of sp³-hybridized carbons (Fsp3) is 0.167. The summed E-state index contributed by atoms with van der Waals surface area (Å²) in [6.07, 6.45) is 2.30. The van der Waals surface area contributed by atoms with Crippen molar-refractivity contribution in [1.82, 2.24) is 5.32 Å². The van der Waals surface area contributed by atoms with Gasteiger partial charge in [0.15, 0.2) is 0 Å². The zero-order valence-electron chi connectivity index (χ0n) is 12.4. The summed E-state index contributed by atoms with van der Waals surface area (Å²) in [5.74, 6) is 0.450. The average molecular weight is 329 g/mol. The van der Waals surface area contributed by atoms with Crippen LogP contribution in [0, 0.1) is 5.82 Å². The Morgan fingerprint density at radius 3 is 2.65 bits per heavy atom. The molecule has 1 unspecified atom stereocenters. The number of furan rings is 1. The lowest BCUT2D eigenvalue weighted by molar-refractivity contribution is 0.0956. The van der Waals surface area contributed by atoms with E-state index in [4.69, 9.17) is 4.42 Å². The number of hydrogen-bond donors (Lipinski definition) is 1. The van der Waals surface area contributed by atoms with Crippen LogP contribution in [0.15, 0.2) is 64.6 Å². The van der Waals surface area contributed by atoms with Crippen LogP contribution >= 0.6 is 11.3 Å². The number of thiophene rings is 1. The second kappa shape index (κ2) is 7.24. The van der Waals surface area contributed by atoms with Gasteiger partial charge in [-0.1, -0.05) is 18.2 Å². The third kappa shape index (κ3) is 3.87. The standard InChI is InChI=1S/C18H16FNO2S/c19-14-7-5-13(6-8-14)15(16-3-1-11-22-16)9-10-20-18(21)17-4-2-12-23-17/h1-8,11-12,15H,9-10H2,(H,20,21). The number of nitrogens with one attached hydrogen (secondary N) is 1. The van der Waals surface area contributed by atoms with Gasteiger partial charge in [0.2, 0.25) is 0 Å². The van der Waals surface area contributed by atoms with E-state index in [1.54, 1.807) is 24.5 Å². The Hall–Kier alpha value is -2.40. The Kier molecular flexibility index (Phi) is 4.88. The molecule has 0 bridgehead atoms. The predicted molar refractivity (Wildman–Crippen MR) is 88.2 cm³/mol. The summed E-state index contributed by atoms with van der Waals surface area (Å²) in [5, 5.41) is 4.79. The van der Waals surface area contributed by atoms with E-state index in [1.165, 1.54) is 23.5 Å². The van der Waals surface area contributed by atoms with Crippen LogP contribution in [0.1, 0.15) is 33.3 Å². The van der Waals surface area contributed by atoms with E-state index in [1.807, 2.05) is 23.6 Å². The summed E-state index contributed by atoms with van der Waals surface area (Å²) in [5.41, 5.74) is 0.965. The SMILES string of the molecule is O=C(NCCC(c1ccc(F)cc1)c1ccco1)c1cccs1. The Morgan fingerprint density at radius 2 is 2.00 bits per heavy atom. The lowest BCUT2D eigenvalue weighted by Gasteiger charge is -2.15. The van der Waals surface area contributed by atoms with Gasteiger partial charge in [-0.3, -0.25) is 4.79 Å². The molecule has 0 spiro atoms. The lowest BCUT2D eigenvalue weighted by Crippen LogP contribution is -2.25. The molecule has 1 N–H and O–H groups in total. The van der Waals surface area contributed by atoms with Crippen molar-refractivity contribution in [2.75, 3.05) is 6.54 Å². The minimum atomic E-state index is -0.266. The average Bonchev–Trinajstić information content (AvgIpc) is 3.26. The Labute approximate surface area is 137 Å². The van der Waals surface area contributed by atoms with Crippen LogP contribution in [-0.2, 0) is 0 Å². The second-order valence-corrected chi connectivity index (χ2v) is 6.09. The van der Waals surface area contributed by atoms with E-state index >= 15 is 0 Å². The monoisotopic (exact) mass is 329 g/mol. The van der Waals surface area contributed by atoms with Crippen LogP contribution < -0.4 is 5.32 Å². The molecule has 0 saturated heterocycles. The van der Waals surface area contributed by atoms with Gasteiger partial charge >= 0.3 is 0 Å². The first kappa shape index (κ1) is 15.5. The van der Waals surface area contributed by atoms with Crippen molar-refractivity contribution in [2.45, 2.75) is 12.3 Å². The van der Waals surface area contributed by atoms with Crippen LogP contribution in [0.5, 0.6) is 0 Å². The molecule has 1 amide bonds. The van der Waals surface area contributed by atoms with Crippen molar-refractivity contribution in [2.24, 2.45) is 0 Å². The minimum Gasteiger partial charge on any atom is -0.469 e. The number of rotatable bonds is 6. The first-order valence-corrected chi connectivity index (χ1v) is 8.22. The quantitative estimate of drug-likeness (QED) is 0.727. The minimum absolute atomic E-state index is 0.0192. The summed E-state index contributed by atoms with van der Waals surface area (Å²) in [4.78, 5) is 12.7. The summed E-state index contributed by atoms with van der Waals surface area (Å²) in [6.45, 7) is 0.513. The fourth-order valence-corrected chi connectivity index (χ4v) is 3.12. The molecule has 5 heteroatoms. The molecule has 1 aromatic carbocycles. The van der Waals surface area contributed by atoms with E-state index in [0.29, 0.717) is 17.8 Å². The van der Waals surface area contributed by atoms with Crippen LogP contribution in [0.25, 0.3) is 0 Å². The first-order chi connectivity index (χ1) is 11.2. The van der Waals surface area contributed by atoms with E-state index < -0.39 is 0 Å². The highest BCUT2D eigenvalue weighted by Crippen LogP contribution is 2.28. The zero-order valence-corrected chi connectivity index (χ0v) is 13.2. The maximum absolute atomic E-state index is 13.1. The van der Waals surface area contributed by atoms with Crippen molar-refractivity contribution >= 4 is 17.2 Å². The maximum Gasteiger partial charge on any atom is 0.261 e. The summed E-state index contributed by atoms with van der Waals surface area (Å²) in [6, 6.07) is 13.8. The van der Waals surface area contributed by atoms with Crippen molar-refractivity contribution in [1.29, 1.82) is 0 Å². The molecule has 2 aromatic heterocycles. The highest BCUT2D eigenvalue weighted by molar-refractivity contribution is 7.12. The number of hydrogen-bond acceptors (Lipinski definition) is 3.